The molecule has 3 N–H and O–H groups in total. The number of rotatable bonds is 18. The van der Waals surface area contributed by atoms with Gasteiger partial charge in [-0.05, 0) is 158 Å². The molecule has 0 amide bonds. The standard InChI is InChI=1S/C47H38N14O12S4.4Na/c1-28-24-33(12-20-39(28)58-60-41-22-14-35(26-43(41)76(68,69)70)56-54-31-8-16-37(17-9-31)74(62,63)64)49-46-51-45(48-30-6-4-3-5-7-30)52-47(53-46)50-34-13-21-40(29(2)25-34)59-61-42-23-15-36(27-44(42)77(71,72)73)57-55-32-10-18-38(19-11-32)75(65,66)67;;;;/h3-27H,1-2H3,(H,62,63,64)(H,65,66,67)(H,68,69,70)(H,71,72,73)(H3,48,49,50,51,52,53);;;;/q;4*+1/p-4. The second kappa shape index (κ2) is 29.5. The van der Waals surface area contributed by atoms with E-state index < -0.39 is 60.1 Å². The predicted molar refractivity (Wildman–Crippen MR) is 273 cm³/mol. The summed E-state index contributed by atoms with van der Waals surface area (Å²) in [5.41, 5.74) is 3.00. The number of anilines is 6. The summed E-state index contributed by atoms with van der Waals surface area (Å²) in [6, 6.07) is 34.9. The fourth-order valence-corrected chi connectivity index (χ4v) is 8.84. The maximum absolute atomic E-state index is 12.3. The van der Waals surface area contributed by atoms with Crippen LogP contribution in [0.5, 0.6) is 0 Å². The van der Waals surface area contributed by atoms with Crippen LogP contribution in [0.1, 0.15) is 11.1 Å². The Morgan fingerprint density at radius 3 is 0.975 bits per heavy atom. The first-order valence-electron chi connectivity index (χ1n) is 21.8. The summed E-state index contributed by atoms with van der Waals surface area (Å²) < 4.78 is 141. The molecule has 0 spiro atoms. The Balaban J connectivity index is 0.00000353. The normalized spacial score (nSPS) is 11.9. The van der Waals surface area contributed by atoms with E-state index in [0.717, 1.165) is 36.4 Å². The number of aryl methyl sites for hydroxylation is 2. The molecule has 1 aromatic heterocycles. The van der Waals surface area contributed by atoms with E-state index in [2.05, 4.69) is 71.8 Å². The summed E-state index contributed by atoms with van der Waals surface area (Å²) in [4.78, 5) is 11.2. The molecule has 0 aliphatic rings. The zero-order valence-electron chi connectivity index (χ0n) is 43.4. The number of hydrogen-bond acceptors (Lipinski definition) is 26. The van der Waals surface area contributed by atoms with Gasteiger partial charge in [0.05, 0.1) is 53.7 Å². The fourth-order valence-electron chi connectivity index (χ4n) is 6.64. The van der Waals surface area contributed by atoms with Gasteiger partial charge in [-0.15, -0.1) is 10.2 Å². The molecule has 34 heteroatoms. The van der Waals surface area contributed by atoms with Gasteiger partial charge in [0.25, 0.3) is 0 Å². The van der Waals surface area contributed by atoms with Gasteiger partial charge >= 0.3 is 118 Å². The van der Waals surface area contributed by atoms with E-state index in [-0.39, 0.29) is 170 Å². The molecule has 1 heterocycles. The molecular formula is C47H34N14Na4O12S4. The third-order valence-electron chi connectivity index (χ3n) is 10.3. The average molecular weight is 1210 g/mol. The molecule has 8 aromatic rings. The van der Waals surface area contributed by atoms with Gasteiger partial charge in [0.2, 0.25) is 17.8 Å². The van der Waals surface area contributed by atoms with Crippen LogP contribution in [0.4, 0.5) is 80.4 Å². The van der Waals surface area contributed by atoms with Crippen LogP contribution in [-0.4, -0.2) is 66.8 Å². The zero-order chi connectivity index (χ0) is 55.1. The van der Waals surface area contributed by atoms with Gasteiger partial charge in [-0.1, -0.05) is 18.2 Å². The smallest absolute Gasteiger partial charge is 0.744 e. The Labute approximate surface area is 552 Å². The second-order valence-electron chi connectivity index (χ2n) is 16.0. The van der Waals surface area contributed by atoms with E-state index in [1.165, 1.54) is 48.5 Å². The third kappa shape index (κ3) is 19.5. The van der Waals surface area contributed by atoms with Crippen LogP contribution >= 0.6 is 0 Å². The zero-order valence-corrected chi connectivity index (χ0v) is 54.7. The van der Waals surface area contributed by atoms with Crippen molar-refractivity contribution >= 4 is 121 Å². The number of para-hydroxylation sites is 1. The van der Waals surface area contributed by atoms with Crippen molar-refractivity contribution in [3.63, 3.8) is 0 Å². The van der Waals surface area contributed by atoms with Gasteiger partial charge in [0.1, 0.15) is 51.8 Å². The molecule has 26 nitrogen and oxygen atoms in total. The van der Waals surface area contributed by atoms with E-state index in [4.69, 9.17) is 0 Å². The minimum Gasteiger partial charge on any atom is -0.744 e. The van der Waals surface area contributed by atoms with Crippen molar-refractivity contribution in [1.82, 2.24) is 15.0 Å². The van der Waals surface area contributed by atoms with Crippen LogP contribution in [-0.2, 0) is 40.5 Å². The number of nitrogens with one attached hydrogen (secondary N) is 3. The quantitative estimate of drug-likeness (QED) is 0.0528. The Morgan fingerprint density at radius 1 is 0.333 bits per heavy atom. The van der Waals surface area contributed by atoms with Crippen LogP contribution in [0.25, 0.3) is 0 Å². The molecule has 392 valence electrons. The van der Waals surface area contributed by atoms with Crippen LogP contribution in [0.2, 0.25) is 0 Å². The minimum absolute atomic E-state index is 0. The molecule has 0 fully saturated rings. The molecular weight excluding hydrogens is 1170 g/mol. The monoisotopic (exact) mass is 1210 g/mol. The Morgan fingerprint density at radius 2 is 0.642 bits per heavy atom. The van der Waals surface area contributed by atoms with Crippen molar-refractivity contribution in [2.75, 3.05) is 16.0 Å². The van der Waals surface area contributed by atoms with Gasteiger partial charge in [0.15, 0.2) is 0 Å². The Bertz CT molecular complexity index is 3930. The minimum atomic E-state index is -5.10. The number of aromatic nitrogens is 3. The molecule has 0 atom stereocenters. The number of azo groups is 4. The fraction of sp³-hybridized carbons (Fsp3) is 0.0426. The van der Waals surface area contributed by atoms with Crippen molar-refractivity contribution in [3.8, 4) is 0 Å². The number of benzene rings is 7. The summed E-state index contributed by atoms with van der Waals surface area (Å²) in [5.74, 6) is 0.332. The van der Waals surface area contributed by atoms with Crippen molar-refractivity contribution in [3.05, 3.63) is 163 Å². The SMILES string of the molecule is Cc1cc(Nc2nc(Nc3ccccc3)nc(Nc3ccc(N=Nc4ccc(N=Nc5ccc(S(=O)(=O)[O-])cc5)cc4S(=O)(=O)[O-])c(C)c3)n2)ccc1N=Nc1ccc(N=Nc2ccc(S(=O)(=O)[O-])cc2)cc1S(=O)(=O)[O-].[Na+].[Na+].[Na+].[Na+]. The summed E-state index contributed by atoms with van der Waals surface area (Å²) in [5, 5.41) is 41.4. The molecule has 8 rings (SSSR count). The van der Waals surface area contributed by atoms with E-state index in [0.29, 0.717) is 39.6 Å². The van der Waals surface area contributed by atoms with Gasteiger partial charge in [-0.25, -0.2) is 33.7 Å². The molecule has 0 unspecified atom stereocenters. The molecule has 81 heavy (non-hydrogen) atoms. The van der Waals surface area contributed by atoms with E-state index in [1.807, 2.05) is 18.2 Å². The Hall–Kier alpha value is -5.01. The summed E-state index contributed by atoms with van der Waals surface area (Å²) in [7, 11) is -19.6. The molecule has 0 saturated carbocycles. The first-order valence-corrected chi connectivity index (χ1v) is 27.4. The van der Waals surface area contributed by atoms with Gasteiger partial charge in [0, 0.05) is 17.1 Å². The largest absolute Gasteiger partial charge is 1.00 e. The summed E-state index contributed by atoms with van der Waals surface area (Å²) in [6.07, 6.45) is 0. The second-order valence-corrected chi connectivity index (χ2v) is 21.4. The first-order chi connectivity index (χ1) is 36.4. The van der Waals surface area contributed by atoms with Crippen LogP contribution < -0.4 is 134 Å². The molecule has 0 aliphatic heterocycles. The first kappa shape index (κ1) is 68.5. The van der Waals surface area contributed by atoms with E-state index >= 15 is 0 Å². The van der Waals surface area contributed by atoms with Crippen molar-refractivity contribution in [2.45, 2.75) is 33.4 Å². The van der Waals surface area contributed by atoms with Crippen LogP contribution in [0, 0.1) is 13.8 Å². The van der Waals surface area contributed by atoms with Gasteiger partial charge in [-0.3, -0.25) is 0 Å². The van der Waals surface area contributed by atoms with Crippen molar-refractivity contribution in [2.24, 2.45) is 40.9 Å². The predicted octanol–water partition coefficient (Wildman–Crippen LogP) is -0.987. The molecule has 0 bridgehead atoms. The summed E-state index contributed by atoms with van der Waals surface area (Å²) in [6.45, 7) is 3.41. The topological polar surface area (TPSA) is 402 Å². The number of nitrogens with zero attached hydrogens (tertiary/aromatic N) is 11. The maximum atomic E-state index is 12.3. The van der Waals surface area contributed by atoms with E-state index in [9.17, 15) is 51.9 Å². The molecule has 0 aliphatic carbocycles. The van der Waals surface area contributed by atoms with Crippen LogP contribution in [0.15, 0.2) is 212 Å². The van der Waals surface area contributed by atoms with Gasteiger partial charge < -0.3 is 34.2 Å². The molecule has 7 aromatic carbocycles. The summed E-state index contributed by atoms with van der Waals surface area (Å²) >= 11 is 0. The van der Waals surface area contributed by atoms with Crippen molar-refractivity contribution in [1.29, 1.82) is 0 Å². The Kier molecular flexibility index (Phi) is 24.9. The third-order valence-corrected chi connectivity index (χ3v) is 13.8. The molecule has 0 saturated heterocycles. The van der Waals surface area contributed by atoms with E-state index in [1.54, 1.807) is 62.4 Å². The molecule has 0 radical (unpaired) electrons. The van der Waals surface area contributed by atoms with Gasteiger partial charge in [-0.2, -0.15) is 45.6 Å². The van der Waals surface area contributed by atoms with Crippen molar-refractivity contribution < 1.29 is 170 Å². The number of hydrogen-bond donors (Lipinski definition) is 3. The van der Waals surface area contributed by atoms with Crippen LogP contribution in [0.3, 0.4) is 0 Å². The maximum Gasteiger partial charge on any atom is 1.00 e. The average Bonchev–Trinajstić information content (AvgIpc) is 3.36.